The van der Waals surface area contributed by atoms with E-state index in [4.69, 9.17) is 0 Å². The number of carbonyl (C=O) groups is 1. The molecule has 1 aromatic heterocycles. The Morgan fingerprint density at radius 1 is 1.40 bits per heavy atom. The maximum atomic E-state index is 12.2. The molecule has 0 bridgehead atoms. The predicted octanol–water partition coefficient (Wildman–Crippen LogP) is 3.13. The molecule has 0 aliphatic heterocycles. The second kappa shape index (κ2) is 4.73. The van der Waals surface area contributed by atoms with Crippen LogP contribution in [0.3, 0.4) is 0 Å². The molecule has 1 heterocycles. The number of fused-ring (bicyclic) bond motifs is 1. The highest BCUT2D eigenvalue weighted by Crippen LogP contribution is 2.35. The fourth-order valence-corrected chi connectivity index (χ4v) is 3.43. The first-order valence-electron chi connectivity index (χ1n) is 7.80. The molecule has 3 nitrogen and oxygen atoms in total. The average Bonchev–Trinajstić information content (AvgIpc) is 3.12. The zero-order valence-electron chi connectivity index (χ0n) is 13.1. The molecule has 0 radical (unpaired) electrons. The zero-order chi connectivity index (χ0) is 14.5. The Bertz CT molecular complexity index is 525. The van der Waals surface area contributed by atoms with E-state index in [-0.39, 0.29) is 5.41 Å². The van der Waals surface area contributed by atoms with Gasteiger partial charge in [0.25, 0.3) is 0 Å². The van der Waals surface area contributed by atoms with Crippen LogP contribution in [-0.2, 0) is 13.0 Å². The van der Waals surface area contributed by atoms with Gasteiger partial charge in [-0.1, -0.05) is 13.8 Å². The van der Waals surface area contributed by atoms with Crippen LogP contribution in [0.5, 0.6) is 0 Å². The number of carbonyl (C=O) groups excluding carboxylic acids is 1. The minimum Gasteiger partial charge on any atom is -0.349 e. The first kappa shape index (κ1) is 13.9. The normalized spacial score (nSPS) is 22.9. The van der Waals surface area contributed by atoms with Crippen molar-refractivity contribution in [3.05, 3.63) is 23.5 Å². The molecule has 2 aliphatic carbocycles. The Kier molecular flexibility index (Phi) is 3.28. The molecule has 3 rings (SSSR count). The van der Waals surface area contributed by atoms with Crippen LogP contribution < -0.4 is 0 Å². The van der Waals surface area contributed by atoms with Crippen LogP contribution in [0.15, 0.2) is 12.3 Å². The topological polar surface area (TPSA) is 25.2 Å². The van der Waals surface area contributed by atoms with E-state index in [9.17, 15) is 4.79 Å². The third kappa shape index (κ3) is 2.56. The number of Topliss-reactive ketones (excluding diaryl/α,β-unsaturated/α-hetero) is 1. The van der Waals surface area contributed by atoms with Crippen LogP contribution in [0.4, 0.5) is 0 Å². The minimum atomic E-state index is 0.103. The largest absolute Gasteiger partial charge is 0.349 e. The molecule has 0 spiro atoms. The molecule has 1 saturated carbocycles. The number of aromatic nitrogens is 1. The van der Waals surface area contributed by atoms with Crippen LogP contribution >= 0.6 is 0 Å². The van der Waals surface area contributed by atoms with Crippen LogP contribution in [0.25, 0.3) is 0 Å². The van der Waals surface area contributed by atoms with Crippen molar-refractivity contribution in [3.63, 3.8) is 0 Å². The van der Waals surface area contributed by atoms with Gasteiger partial charge in [0.15, 0.2) is 5.78 Å². The van der Waals surface area contributed by atoms with Gasteiger partial charge in [-0.15, -0.1) is 0 Å². The first-order chi connectivity index (χ1) is 9.37. The number of rotatable bonds is 4. The Hall–Kier alpha value is -1.09. The van der Waals surface area contributed by atoms with Crippen molar-refractivity contribution < 1.29 is 4.79 Å². The molecule has 0 N–H and O–H groups in total. The van der Waals surface area contributed by atoms with Gasteiger partial charge in [-0.25, -0.2) is 0 Å². The van der Waals surface area contributed by atoms with Crippen LogP contribution in [-0.4, -0.2) is 34.4 Å². The van der Waals surface area contributed by atoms with E-state index in [1.165, 1.54) is 18.5 Å². The third-order valence-electron chi connectivity index (χ3n) is 4.94. The van der Waals surface area contributed by atoms with E-state index in [1.54, 1.807) is 0 Å². The molecular formula is C17H26N2O. The summed E-state index contributed by atoms with van der Waals surface area (Å²) in [6.45, 7) is 7.68. The van der Waals surface area contributed by atoms with Gasteiger partial charge in [0.05, 0.1) is 0 Å². The van der Waals surface area contributed by atoms with E-state index in [2.05, 4.69) is 43.5 Å². The monoisotopic (exact) mass is 274 g/mol. The summed E-state index contributed by atoms with van der Waals surface area (Å²) in [4.78, 5) is 14.7. The van der Waals surface area contributed by atoms with Gasteiger partial charge in [0, 0.05) is 42.5 Å². The molecule has 0 saturated heterocycles. The summed E-state index contributed by atoms with van der Waals surface area (Å²) in [6.07, 6.45) is 6.50. The van der Waals surface area contributed by atoms with Gasteiger partial charge < -0.3 is 4.57 Å². The molecular weight excluding hydrogens is 248 g/mol. The molecule has 110 valence electrons. The third-order valence-corrected chi connectivity index (χ3v) is 4.94. The second-order valence-corrected chi connectivity index (χ2v) is 7.52. The number of ketones is 1. The Morgan fingerprint density at radius 2 is 2.10 bits per heavy atom. The molecule has 3 heteroatoms. The summed E-state index contributed by atoms with van der Waals surface area (Å²) in [5.41, 5.74) is 2.32. The predicted molar refractivity (Wildman–Crippen MR) is 81.1 cm³/mol. The van der Waals surface area contributed by atoms with E-state index in [0.29, 0.717) is 18.2 Å². The number of nitrogens with zero attached hydrogens (tertiary/aromatic N) is 2. The number of hydrogen-bond acceptors (Lipinski definition) is 2. The van der Waals surface area contributed by atoms with Gasteiger partial charge in [-0.05, 0) is 44.7 Å². The fourth-order valence-electron chi connectivity index (χ4n) is 3.43. The van der Waals surface area contributed by atoms with Crippen molar-refractivity contribution in [2.24, 2.45) is 5.41 Å². The second-order valence-electron chi connectivity index (χ2n) is 7.52. The first-order valence-corrected chi connectivity index (χ1v) is 7.80. The molecule has 1 fully saturated rings. The molecule has 20 heavy (non-hydrogen) atoms. The molecule has 0 amide bonds. The molecule has 1 unspecified atom stereocenters. The van der Waals surface area contributed by atoms with E-state index >= 15 is 0 Å². The van der Waals surface area contributed by atoms with Gasteiger partial charge >= 0.3 is 0 Å². The summed E-state index contributed by atoms with van der Waals surface area (Å²) in [6, 6.07) is 3.34. The molecule has 1 aromatic rings. The molecule has 1 atom stereocenters. The summed E-state index contributed by atoms with van der Waals surface area (Å²) in [5, 5.41) is 0. The van der Waals surface area contributed by atoms with Gasteiger partial charge in [-0.3, -0.25) is 9.69 Å². The van der Waals surface area contributed by atoms with Crippen molar-refractivity contribution in [3.8, 4) is 0 Å². The standard InChI is InChI=1S/C17H26N2O/c1-12(18(4)13-5-6-13)11-19-8-7-14-15(19)9-17(2,3)10-16(14)20/h7-8,12-13H,5-6,9-11H2,1-4H3. The lowest BCUT2D eigenvalue weighted by atomic mass is 9.76. The highest BCUT2D eigenvalue weighted by atomic mass is 16.1. The van der Waals surface area contributed by atoms with Gasteiger partial charge in [-0.2, -0.15) is 0 Å². The van der Waals surface area contributed by atoms with Crippen molar-refractivity contribution in [1.82, 2.24) is 9.47 Å². The van der Waals surface area contributed by atoms with Crippen molar-refractivity contribution in [2.75, 3.05) is 7.05 Å². The maximum Gasteiger partial charge on any atom is 0.165 e. The highest BCUT2D eigenvalue weighted by Gasteiger charge is 2.34. The van der Waals surface area contributed by atoms with E-state index in [1.807, 2.05) is 6.07 Å². The lowest BCUT2D eigenvalue weighted by Gasteiger charge is -2.31. The summed E-state index contributed by atoms with van der Waals surface area (Å²) in [5.74, 6) is 0.318. The van der Waals surface area contributed by atoms with Crippen molar-refractivity contribution >= 4 is 5.78 Å². The lowest BCUT2D eigenvalue weighted by molar-refractivity contribution is 0.0909. The fraction of sp³-hybridized carbons (Fsp3) is 0.706. The lowest BCUT2D eigenvalue weighted by Crippen LogP contribution is -2.35. The Labute approximate surface area is 122 Å². The summed E-state index contributed by atoms with van der Waals surface area (Å²) in [7, 11) is 2.23. The van der Waals surface area contributed by atoms with Gasteiger partial charge in [0.1, 0.15) is 0 Å². The van der Waals surface area contributed by atoms with Crippen LogP contribution in [0.2, 0.25) is 0 Å². The Balaban J connectivity index is 1.80. The molecule has 0 aromatic carbocycles. The number of hydrogen-bond donors (Lipinski definition) is 0. The van der Waals surface area contributed by atoms with Crippen LogP contribution in [0, 0.1) is 5.41 Å². The quantitative estimate of drug-likeness (QED) is 0.843. The van der Waals surface area contributed by atoms with E-state index < -0.39 is 0 Å². The highest BCUT2D eigenvalue weighted by molar-refractivity contribution is 5.98. The smallest absolute Gasteiger partial charge is 0.165 e. The summed E-state index contributed by atoms with van der Waals surface area (Å²) < 4.78 is 2.32. The average molecular weight is 274 g/mol. The maximum absolute atomic E-state index is 12.2. The SMILES string of the molecule is CC(Cn1ccc2c1CC(C)(C)CC2=O)N(C)C1CC1. The van der Waals surface area contributed by atoms with Crippen molar-refractivity contribution in [1.29, 1.82) is 0 Å². The van der Waals surface area contributed by atoms with Gasteiger partial charge in [0.2, 0.25) is 0 Å². The minimum absolute atomic E-state index is 0.103. The summed E-state index contributed by atoms with van der Waals surface area (Å²) >= 11 is 0. The number of likely N-dealkylation sites (N-methyl/N-ethyl adjacent to an activating group) is 1. The van der Waals surface area contributed by atoms with E-state index in [0.717, 1.165) is 24.6 Å². The molecule has 2 aliphatic rings. The Morgan fingerprint density at radius 3 is 2.75 bits per heavy atom. The zero-order valence-corrected chi connectivity index (χ0v) is 13.1. The van der Waals surface area contributed by atoms with Crippen molar-refractivity contribution in [2.45, 2.75) is 65.1 Å². The van der Waals surface area contributed by atoms with Crippen LogP contribution in [0.1, 0.15) is 56.1 Å².